The van der Waals surface area contributed by atoms with Crippen LogP contribution in [0.3, 0.4) is 0 Å². The minimum Gasteiger partial charge on any atom is -0.374 e. The first-order valence-corrected chi connectivity index (χ1v) is 10.3. The van der Waals surface area contributed by atoms with Crippen molar-refractivity contribution in [1.82, 2.24) is 0 Å². The van der Waals surface area contributed by atoms with Crippen LogP contribution in [0, 0.1) is 6.92 Å². The molecule has 1 aliphatic rings. The molecule has 4 atom stereocenters. The Hall–Kier alpha value is -1.77. The van der Waals surface area contributed by atoms with Gasteiger partial charge in [-0.1, -0.05) is 48.0 Å². The van der Waals surface area contributed by atoms with Crippen molar-refractivity contribution >= 4 is 9.84 Å². The van der Waals surface area contributed by atoms with Gasteiger partial charge in [-0.2, -0.15) is 0 Å². The maximum atomic E-state index is 13.2. The van der Waals surface area contributed by atoms with Crippen molar-refractivity contribution in [1.29, 1.82) is 0 Å². The number of aryl methyl sites for hydroxylation is 1. The molecule has 1 saturated heterocycles. The molecule has 7 heteroatoms. The van der Waals surface area contributed by atoms with E-state index >= 15 is 0 Å². The Morgan fingerprint density at radius 3 is 2.37 bits per heavy atom. The van der Waals surface area contributed by atoms with E-state index in [2.05, 4.69) is 0 Å². The second-order valence-electron chi connectivity index (χ2n) is 6.68. The highest BCUT2D eigenvalue weighted by atomic mass is 32.2. The Balaban J connectivity index is 1.77. The monoisotopic (exact) mass is 391 g/mol. The summed E-state index contributed by atoms with van der Waals surface area (Å²) < 4.78 is 43.1. The second kappa shape index (κ2) is 8.50. The van der Waals surface area contributed by atoms with Gasteiger partial charge in [0.25, 0.3) is 0 Å². The Kier molecular flexibility index (Phi) is 6.29. The van der Waals surface area contributed by atoms with Crippen LogP contribution in [0.4, 0.5) is 0 Å². The van der Waals surface area contributed by atoms with Gasteiger partial charge in [0, 0.05) is 7.11 Å². The number of rotatable bonds is 7. The molecule has 1 aliphatic heterocycles. The van der Waals surface area contributed by atoms with E-state index in [4.69, 9.17) is 19.9 Å². The summed E-state index contributed by atoms with van der Waals surface area (Å²) >= 11 is 0. The molecule has 0 spiro atoms. The highest BCUT2D eigenvalue weighted by Crippen LogP contribution is 2.31. The summed E-state index contributed by atoms with van der Waals surface area (Å²) in [6.07, 6.45) is -1.50. The molecule has 2 aromatic rings. The molecule has 0 saturated carbocycles. The molecule has 1 heterocycles. The van der Waals surface area contributed by atoms with Crippen molar-refractivity contribution in [2.75, 3.05) is 13.7 Å². The van der Waals surface area contributed by atoms with E-state index in [1.54, 1.807) is 24.3 Å². The number of sulfone groups is 1. The van der Waals surface area contributed by atoms with E-state index < -0.39 is 33.5 Å². The van der Waals surface area contributed by atoms with Crippen molar-refractivity contribution in [2.45, 2.75) is 42.1 Å². The number of nitrogens with two attached hydrogens (primary N) is 1. The van der Waals surface area contributed by atoms with Gasteiger partial charge in [0.2, 0.25) is 0 Å². The maximum Gasteiger partial charge on any atom is 0.185 e. The van der Waals surface area contributed by atoms with Gasteiger partial charge >= 0.3 is 0 Å². The molecule has 27 heavy (non-hydrogen) atoms. The van der Waals surface area contributed by atoms with Gasteiger partial charge in [-0.15, -0.1) is 0 Å². The molecule has 3 rings (SSSR count). The van der Waals surface area contributed by atoms with Gasteiger partial charge in [-0.25, -0.2) is 8.42 Å². The molecule has 0 aliphatic carbocycles. The number of methoxy groups -OCH3 is 1. The minimum atomic E-state index is -3.70. The molecule has 0 unspecified atom stereocenters. The van der Waals surface area contributed by atoms with Crippen LogP contribution >= 0.6 is 0 Å². The lowest BCUT2D eigenvalue weighted by Gasteiger charge is -2.21. The highest BCUT2D eigenvalue weighted by Gasteiger charge is 2.50. The van der Waals surface area contributed by atoms with E-state index in [0.717, 1.165) is 11.1 Å². The van der Waals surface area contributed by atoms with Crippen LogP contribution in [0.1, 0.15) is 11.1 Å². The summed E-state index contributed by atoms with van der Waals surface area (Å²) in [5.74, 6) is 0. The zero-order chi connectivity index (χ0) is 19.4. The third-order valence-electron chi connectivity index (χ3n) is 4.70. The van der Waals surface area contributed by atoms with Crippen molar-refractivity contribution < 1.29 is 22.6 Å². The van der Waals surface area contributed by atoms with Gasteiger partial charge in [0.05, 0.1) is 24.2 Å². The normalized spacial score (nSPS) is 25.6. The molecular formula is C20H25NO5S. The highest BCUT2D eigenvalue weighted by molar-refractivity contribution is 7.92. The molecule has 0 amide bonds. The molecule has 0 bridgehead atoms. The molecule has 2 aromatic carbocycles. The van der Waals surface area contributed by atoms with E-state index in [1.165, 1.54) is 7.11 Å². The summed E-state index contributed by atoms with van der Waals surface area (Å²) in [6.45, 7) is 2.38. The van der Waals surface area contributed by atoms with Crippen molar-refractivity contribution in [2.24, 2.45) is 5.73 Å². The number of hydrogen-bond donors (Lipinski definition) is 1. The fourth-order valence-electron chi connectivity index (χ4n) is 3.25. The molecule has 0 aromatic heterocycles. The van der Waals surface area contributed by atoms with Gasteiger partial charge in [-0.3, -0.25) is 0 Å². The lowest BCUT2D eigenvalue weighted by Crippen LogP contribution is -2.46. The van der Waals surface area contributed by atoms with Crippen LogP contribution in [0.15, 0.2) is 59.5 Å². The lowest BCUT2D eigenvalue weighted by atomic mass is 10.2. The predicted molar refractivity (Wildman–Crippen MR) is 102 cm³/mol. The predicted octanol–water partition coefficient (Wildman–Crippen LogP) is 2.05. The van der Waals surface area contributed by atoms with Crippen molar-refractivity contribution in [3.63, 3.8) is 0 Å². The SMILES string of the molecule is CO[C@@H]1O[C@H](COCc2ccccc2)[C@@H](S(=O)(=O)c2ccc(C)cc2)[C@@H]1N. The minimum absolute atomic E-state index is 0.109. The van der Waals surface area contributed by atoms with Crippen LogP contribution in [-0.2, 0) is 30.7 Å². The van der Waals surface area contributed by atoms with Crippen LogP contribution in [0.5, 0.6) is 0 Å². The zero-order valence-corrected chi connectivity index (χ0v) is 16.3. The lowest BCUT2D eigenvalue weighted by molar-refractivity contribution is -0.133. The molecule has 2 N–H and O–H groups in total. The fraction of sp³-hybridized carbons (Fsp3) is 0.400. The first-order chi connectivity index (χ1) is 12.9. The topological polar surface area (TPSA) is 87.9 Å². The van der Waals surface area contributed by atoms with Crippen LogP contribution < -0.4 is 5.73 Å². The smallest absolute Gasteiger partial charge is 0.185 e. The molecule has 1 fully saturated rings. The third kappa shape index (κ3) is 4.39. The average molecular weight is 391 g/mol. The Labute approximate surface area is 160 Å². The summed E-state index contributed by atoms with van der Waals surface area (Å²) in [5.41, 5.74) is 8.16. The van der Waals surface area contributed by atoms with Gasteiger partial charge in [-0.05, 0) is 24.6 Å². The van der Waals surface area contributed by atoms with E-state index in [0.29, 0.717) is 6.61 Å². The quantitative estimate of drug-likeness (QED) is 0.777. The largest absolute Gasteiger partial charge is 0.374 e. The molecule has 146 valence electrons. The zero-order valence-electron chi connectivity index (χ0n) is 15.4. The Bertz CT molecular complexity index is 838. The molecular weight excluding hydrogens is 366 g/mol. The summed E-state index contributed by atoms with van der Waals surface area (Å²) in [6, 6.07) is 15.6. The standard InChI is InChI=1S/C20H25NO5S/c1-14-8-10-16(11-9-14)27(22,23)19-17(26-20(24-2)18(19)21)13-25-12-15-6-4-3-5-7-15/h3-11,17-20H,12-13,21H2,1-2H3/t17-,18+,19-,20-/m1/s1. The summed E-state index contributed by atoms with van der Waals surface area (Å²) in [5, 5.41) is -0.944. The Morgan fingerprint density at radius 1 is 1.07 bits per heavy atom. The van der Waals surface area contributed by atoms with E-state index in [-0.39, 0.29) is 11.5 Å². The summed E-state index contributed by atoms with van der Waals surface area (Å²) in [7, 11) is -2.25. The van der Waals surface area contributed by atoms with E-state index in [9.17, 15) is 8.42 Å². The fourth-order valence-corrected chi connectivity index (χ4v) is 5.16. The number of ether oxygens (including phenoxy) is 3. The van der Waals surface area contributed by atoms with Crippen molar-refractivity contribution in [3.05, 3.63) is 65.7 Å². The van der Waals surface area contributed by atoms with Gasteiger partial charge in [0.15, 0.2) is 16.1 Å². The first kappa shape index (κ1) is 20.0. The van der Waals surface area contributed by atoms with E-state index in [1.807, 2.05) is 37.3 Å². The number of hydrogen-bond acceptors (Lipinski definition) is 6. The molecule has 6 nitrogen and oxygen atoms in total. The van der Waals surface area contributed by atoms with Gasteiger partial charge in [0.1, 0.15) is 11.4 Å². The maximum absolute atomic E-state index is 13.2. The average Bonchev–Trinajstić information content (AvgIpc) is 2.99. The summed E-state index contributed by atoms with van der Waals surface area (Å²) in [4.78, 5) is 0.224. The van der Waals surface area contributed by atoms with Crippen molar-refractivity contribution in [3.8, 4) is 0 Å². The first-order valence-electron chi connectivity index (χ1n) is 8.79. The van der Waals surface area contributed by atoms with Crippen LogP contribution in [-0.4, -0.2) is 45.8 Å². The number of benzene rings is 2. The van der Waals surface area contributed by atoms with Gasteiger partial charge < -0.3 is 19.9 Å². The molecule has 0 radical (unpaired) electrons. The van der Waals surface area contributed by atoms with Crippen LogP contribution in [0.2, 0.25) is 0 Å². The second-order valence-corrected chi connectivity index (χ2v) is 8.79. The third-order valence-corrected chi connectivity index (χ3v) is 6.97. The van der Waals surface area contributed by atoms with Crippen LogP contribution in [0.25, 0.3) is 0 Å². The Morgan fingerprint density at radius 2 is 1.74 bits per heavy atom.